The number of amides is 1. The van der Waals surface area contributed by atoms with Gasteiger partial charge in [0, 0.05) is 37.3 Å². The summed E-state index contributed by atoms with van der Waals surface area (Å²) in [5, 5.41) is 0.571. The number of hydrogen-bond donors (Lipinski definition) is 1. The lowest BCUT2D eigenvalue weighted by Gasteiger charge is -2.21. The Bertz CT molecular complexity index is 989. The third kappa shape index (κ3) is 5.51. The zero-order chi connectivity index (χ0) is 21.7. The maximum absolute atomic E-state index is 12.9. The van der Waals surface area contributed by atoms with E-state index in [-0.39, 0.29) is 34.8 Å². The number of ether oxygens (including phenoxy) is 2. The van der Waals surface area contributed by atoms with Gasteiger partial charge in [-0.25, -0.2) is 13.1 Å². The van der Waals surface area contributed by atoms with Crippen molar-refractivity contribution in [2.45, 2.75) is 30.4 Å². The molecule has 1 unspecified atom stereocenters. The van der Waals surface area contributed by atoms with Gasteiger partial charge in [-0.15, -0.1) is 0 Å². The minimum absolute atomic E-state index is 0.0152. The van der Waals surface area contributed by atoms with Gasteiger partial charge < -0.3 is 14.4 Å². The summed E-state index contributed by atoms with van der Waals surface area (Å²) in [6, 6.07) is 11.3. The molecule has 1 atom stereocenters. The van der Waals surface area contributed by atoms with Crippen LogP contribution in [0.15, 0.2) is 47.4 Å². The van der Waals surface area contributed by atoms with Crippen molar-refractivity contribution in [3.05, 3.63) is 58.6 Å². The topological polar surface area (TPSA) is 84.9 Å². The number of methoxy groups -OCH3 is 1. The minimum atomic E-state index is -3.92. The van der Waals surface area contributed by atoms with Crippen molar-refractivity contribution >= 4 is 27.5 Å². The minimum Gasteiger partial charge on any atom is -0.495 e. The van der Waals surface area contributed by atoms with Crippen molar-refractivity contribution in [1.82, 2.24) is 9.62 Å². The number of halogens is 1. The lowest BCUT2D eigenvalue weighted by atomic mass is 10.1. The molecule has 0 spiro atoms. The Balaban J connectivity index is 1.78. The van der Waals surface area contributed by atoms with Crippen molar-refractivity contribution in [3.63, 3.8) is 0 Å². The second-order valence-electron chi connectivity index (χ2n) is 7.14. The molecule has 1 aliphatic heterocycles. The summed E-state index contributed by atoms with van der Waals surface area (Å²) in [6.07, 6.45) is 1.91. The van der Waals surface area contributed by atoms with E-state index in [1.807, 2.05) is 0 Å². The van der Waals surface area contributed by atoms with E-state index in [4.69, 9.17) is 21.1 Å². The van der Waals surface area contributed by atoms with Crippen molar-refractivity contribution in [3.8, 4) is 5.75 Å². The average molecular weight is 453 g/mol. The fourth-order valence-corrected chi connectivity index (χ4v) is 4.61. The first-order chi connectivity index (χ1) is 14.3. The van der Waals surface area contributed by atoms with Crippen LogP contribution in [0, 0.1) is 0 Å². The van der Waals surface area contributed by atoms with E-state index in [1.165, 1.54) is 19.2 Å². The third-order valence-corrected chi connectivity index (χ3v) is 6.60. The highest BCUT2D eigenvalue weighted by molar-refractivity contribution is 7.89. The van der Waals surface area contributed by atoms with Crippen molar-refractivity contribution in [2.24, 2.45) is 0 Å². The van der Waals surface area contributed by atoms with E-state index in [1.54, 1.807) is 42.3 Å². The van der Waals surface area contributed by atoms with Crippen LogP contribution in [0.1, 0.15) is 28.8 Å². The molecule has 162 valence electrons. The van der Waals surface area contributed by atoms with Crippen LogP contribution in [0.2, 0.25) is 5.02 Å². The van der Waals surface area contributed by atoms with Crippen molar-refractivity contribution < 1.29 is 22.7 Å². The zero-order valence-corrected chi connectivity index (χ0v) is 18.5. The quantitative estimate of drug-likeness (QED) is 0.665. The standard InChI is InChI=1S/C21H25ClN2O5S/c1-24(14-18-4-3-11-29-18)21(25)16-7-10-19(28-2)20(12-16)30(26,27)23-13-15-5-8-17(22)9-6-15/h5-10,12,18,23H,3-4,11,13-14H2,1-2H3. The van der Waals surface area contributed by atoms with E-state index in [0.717, 1.165) is 18.4 Å². The predicted molar refractivity (Wildman–Crippen MR) is 114 cm³/mol. The maximum atomic E-state index is 12.9. The molecular weight excluding hydrogens is 428 g/mol. The molecule has 9 heteroatoms. The first kappa shape index (κ1) is 22.6. The van der Waals surface area contributed by atoms with Gasteiger partial charge in [0.1, 0.15) is 10.6 Å². The van der Waals surface area contributed by atoms with Crippen LogP contribution in [0.4, 0.5) is 0 Å². The van der Waals surface area contributed by atoms with Gasteiger partial charge >= 0.3 is 0 Å². The zero-order valence-electron chi connectivity index (χ0n) is 16.9. The molecule has 1 N–H and O–H groups in total. The van der Waals surface area contributed by atoms with Gasteiger partial charge in [0.25, 0.3) is 5.91 Å². The van der Waals surface area contributed by atoms with E-state index in [9.17, 15) is 13.2 Å². The summed E-state index contributed by atoms with van der Waals surface area (Å²) in [5.74, 6) is -0.112. The molecule has 3 rings (SSSR count). The second kappa shape index (κ2) is 9.78. The molecule has 1 saturated heterocycles. The number of benzene rings is 2. The van der Waals surface area contributed by atoms with E-state index < -0.39 is 10.0 Å². The molecule has 1 heterocycles. The van der Waals surface area contributed by atoms with Crippen LogP contribution >= 0.6 is 11.6 Å². The summed E-state index contributed by atoms with van der Waals surface area (Å²) in [4.78, 5) is 14.3. The Labute approximate surface area is 182 Å². The highest BCUT2D eigenvalue weighted by Gasteiger charge is 2.24. The molecule has 2 aromatic carbocycles. The maximum Gasteiger partial charge on any atom is 0.253 e. The summed E-state index contributed by atoms with van der Waals surface area (Å²) >= 11 is 5.86. The summed E-state index contributed by atoms with van der Waals surface area (Å²) in [7, 11) is -0.850. The number of rotatable bonds is 8. The number of nitrogens with one attached hydrogen (secondary N) is 1. The fraction of sp³-hybridized carbons (Fsp3) is 0.381. The summed E-state index contributed by atoms with van der Waals surface area (Å²) in [6.45, 7) is 1.25. The van der Waals surface area contributed by atoms with Gasteiger partial charge in [0.2, 0.25) is 10.0 Å². The van der Waals surface area contributed by atoms with Crippen LogP contribution in [-0.2, 0) is 21.3 Å². The van der Waals surface area contributed by atoms with Crippen LogP contribution in [0.3, 0.4) is 0 Å². The SMILES string of the molecule is COc1ccc(C(=O)N(C)CC2CCCO2)cc1S(=O)(=O)NCc1ccc(Cl)cc1. The van der Waals surface area contributed by atoms with Crippen molar-refractivity contribution in [2.75, 3.05) is 27.3 Å². The molecule has 0 radical (unpaired) electrons. The second-order valence-corrected chi connectivity index (χ2v) is 9.31. The number of carbonyl (C=O) groups excluding carboxylic acids is 1. The first-order valence-corrected chi connectivity index (χ1v) is 11.5. The summed E-state index contributed by atoms with van der Waals surface area (Å²) < 4.78 is 39.2. The van der Waals surface area contributed by atoms with Crippen molar-refractivity contribution in [1.29, 1.82) is 0 Å². The molecule has 1 amide bonds. The lowest BCUT2D eigenvalue weighted by molar-refractivity contribution is 0.0587. The normalized spacial score (nSPS) is 16.4. The highest BCUT2D eigenvalue weighted by Crippen LogP contribution is 2.26. The van der Waals surface area contributed by atoms with Gasteiger partial charge in [0.05, 0.1) is 13.2 Å². The van der Waals surface area contributed by atoms with Gasteiger partial charge in [0.15, 0.2) is 0 Å². The third-order valence-electron chi connectivity index (χ3n) is 4.93. The van der Waals surface area contributed by atoms with Gasteiger partial charge in [-0.3, -0.25) is 4.79 Å². The average Bonchev–Trinajstić information content (AvgIpc) is 3.25. The van der Waals surface area contributed by atoms with Crippen LogP contribution in [0.5, 0.6) is 5.75 Å². The Morgan fingerprint density at radius 2 is 2.00 bits per heavy atom. The molecule has 2 aromatic rings. The van der Waals surface area contributed by atoms with Crippen LogP contribution in [0.25, 0.3) is 0 Å². The predicted octanol–water partition coefficient (Wildman–Crippen LogP) is 3.08. The van der Waals surface area contributed by atoms with Crippen LogP contribution in [-0.4, -0.2) is 52.6 Å². The van der Waals surface area contributed by atoms with Gasteiger partial charge in [-0.1, -0.05) is 23.7 Å². The fourth-order valence-electron chi connectivity index (χ4n) is 3.28. The number of likely N-dealkylation sites (N-methyl/N-ethyl adjacent to an activating group) is 1. The largest absolute Gasteiger partial charge is 0.495 e. The molecule has 0 saturated carbocycles. The highest BCUT2D eigenvalue weighted by atomic mass is 35.5. The Morgan fingerprint density at radius 1 is 1.27 bits per heavy atom. The Kier molecular flexibility index (Phi) is 7.36. The van der Waals surface area contributed by atoms with Crippen LogP contribution < -0.4 is 9.46 Å². The molecule has 1 aliphatic rings. The van der Waals surface area contributed by atoms with E-state index >= 15 is 0 Å². The number of carbonyl (C=O) groups is 1. The molecule has 0 bridgehead atoms. The number of hydrogen-bond acceptors (Lipinski definition) is 5. The van der Waals surface area contributed by atoms with E-state index in [0.29, 0.717) is 18.2 Å². The first-order valence-electron chi connectivity index (χ1n) is 9.59. The monoisotopic (exact) mass is 452 g/mol. The molecule has 1 fully saturated rings. The number of nitrogens with zero attached hydrogens (tertiary/aromatic N) is 1. The van der Waals surface area contributed by atoms with E-state index in [2.05, 4.69) is 4.72 Å². The Hall–Kier alpha value is -2.13. The Morgan fingerprint density at radius 3 is 2.63 bits per heavy atom. The molecule has 30 heavy (non-hydrogen) atoms. The summed E-state index contributed by atoms with van der Waals surface area (Å²) in [5.41, 5.74) is 1.02. The molecular formula is C21H25ClN2O5S. The lowest BCUT2D eigenvalue weighted by Crippen LogP contribution is -2.34. The molecule has 7 nitrogen and oxygen atoms in total. The van der Waals surface area contributed by atoms with Gasteiger partial charge in [-0.2, -0.15) is 0 Å². The molecule has 0 aliphatic carbocycles. The van der Waals surface area contributed by atoms with Gasteiger partial charge in [-0.05, 0) is 48.7 Å². The number of sulfonamides is 1. The molecule has 0 aromatic heterocycles. The smallest absolute Gasteiger partial charge is 0.253 e.